The summed E-state index contributed by atoms with van der Waals surface area (Å²) in [5, 5.41) is 35.0. The Morgan fingerprint density at radius 1 is 0.756 bits per heavy atom. The van der Waals surface area contributed by atoms with Crippen molar-refractivity contribution < 1.29 is 53.1 Å². The lowest BCUT2D eigenvalue weighted by atomic mass is 9.81. The fraction of sp³-hybridized carbons (Fsp3) is 0.566. The van der Waals surface area contributed by atoms with Crippen molar-refractivity contribution in [1.29, 1.82) is 0 Å². The van der Waals surface area contributed by atoms with Crippen LogP contribution in [-0.2, 0) is 60.8 Å². The predicted molar refractivity (Wildman–Crippen MR) is 300 cm³/mol. The van der Waals surface area contributed by atoms with Crippen molar-refractivity contribution in [2.75, 3.05) is 19.6 Å². The molecule has 9 amide bonds. The number of carboxylic acid groups (broad SMARTS) is 1. The van der Waals surface area contributed by atoms with Gasteiger partial charge in [0.1, 0.15) is 60.5 Å². The lowest BCUT2D eigenvalue weighted by Crippen LogP contribution is -2.61. The van der Waals surface area contributed by atoms with Crippen molar-refractivity contribution in [3.8, 4) is 5.82 Å². The summed E-state index contributed by atoms with van der Waals surface area (Å²) >= 11 is 0. The zero-order valence-electron chi connectivity index (χ0n) is 46.9. The van der Waals surface area contributed by atoms with Gasteiger partial charge in [-0.25, -0.2) is 9.78 Å². The number of aliphatic imine (C=N–C) groups is 2. The number of aromatic nitrogens is 3. The molecule has 29 heteroatoms. The Kier molecular flexibility index (Phi) is 21.4. The molecule has 446 valence electrons. The van der Waals surface area contributed by atoms with E-state index in [1.165, 1.54) is 6.33 Å². The number of guanidine groups is 2. The number of carbonyl (C=O) groups excluding carboxylic acids is 9. The summed E-state index contributed by atoms with van der Waals surface area (Å²) in [7, 11) is 0. The Labute approximate surface area is 473 Å². The van der Waals surface area contributed by atoms with E-state index in [1.807, 2.05) is 27.7 Å². The van der Waals surface area contributed by atoms with Crippen molar-refractivity contribution in [3.05, 3.63) is 47.5 Å². The molecule has 3 aromatic rings. The molecule has 2 aromatic heterocycles. The van der Waals surface area contributed by atoms with Gasteiger partial charge in [0.2, 0.25) is 53.2 Å². The van der Waals surface area contributed by atoms with Gasteiger partial charge >= 0.3 is 5.97 Å². The Morgan fingerprint density at radius 2 is 1.44 bits per heavy atom. The van der Waals surface area contributed by atoms with Crippen LogP contribution < -0.4 is 70.8 Å². The number of fused-ring (bicyclic) bond motifs is 13. The lowest BCUT2D eigenvalue weighted by molar-refractivity contribution is -0.142. The molecule has 7 bridgehead atoms. The van der Waals surface area contributed by atoms with E-state index in [-0.39, 0.29) is 106 Å². The van der Waals surface area contributed by atoms with Gasteiger partial charge in [-0.1, -0.05) is 53.7 Å². The van der Waals surface area contributed by atoms with E-state index in [2.05, 4.69) is 67.8 Å². The van der Waals surface area contributed by atoms with Gasteiger partial charge < -0.3 is 80.9 Å². The number of carboxylic acids is 1. The number of hydrogen-bond acceptors (Lipinski definition) is 13. The van der Waals surface area contributed by atoms with Gasteiger partial charge in [-0.3, -0.25) is 57.7 Å². The van der Waals surface area contributed by atoms with Crippen LogP contribution in [-0.4, -0.2) is 159 Å². The average molecular weight is 1140 g/mol. The minimum atomic E-state index is -1.49. The van der Waals surface area contributed by atoms with Gasteiger partial charge in [-0.2, -0.15) is 0 Å². The number of imidazole rings is 1. The topological polar surface area (TPSA) is 462 Å². The van der Waals surface area contributed by atoms with Crippen LogP contribution in [0, 0.1) is 17.8 Å². The maximum Gasteiger partial charge on any atom is 0.326 e. The van der Waals surface area contributed by atoms with Crippen molar-refractivity contribution in [2.24, 2.45) is 50.7 Å². The van der Waals surface area contributed by atoms with Crippen LogP contribution >= 0.6 is 0 Å². The first-order valence-electron chi connectivity index (χ1n) is 27.5. The molecule has 0 saturated carbocycles. The first kappa shape index (κ1) is 62.4. The molecular weight excluding hydrogens is 1060 g/mol. The molecule has 0 radical (unpaired) electrons. The molecule has 6 heterocycles. The second kappa shape index (κ2) is 28.1. The molecular formula is C53H78N18O11. The zero-order valence-corrected chi connectivity index (χ0v) is 46.9. The molecule has 29 nitrogen and oxygen atoms in total. The Hall–Kier alpha value is -8.79. The van der Waals surface area contributed by atoms with Crippen molar-refractivity contribution >= 4 is 82.0 Å². The summed E-state index contributed by atoms with van der Waals surface area (Å²) in [4.78, 5) is 156. The molecule has 0 unspecified atom stereocenters. The molecule has 1 aromatic carbocycles. The second-order valence-corrected chi connectivity index (χ2v) is 22.0. The third-order valence-electron chi connectivity index (χ3n) is 14.4. The second-order valence-electron chi connectivity index (χ2n) is 22.0. The average Bonchev–Trinajstić information content (AvgIpc) is 3.12. The van der Waals surface area contributed by atoms with Crippen LogP contribution in [0.4, 0.5) is 0 Å². The highest BCUT2D eigenvalue weighted by molar-refractivity contribution is 6.00. The molecule has 9 atom stereocenters. The summed E-state index contributed by atoms with van der Waals surface area (Å²) in [6.07, 6.45) is 2.94. The summed E-state index contributed by atoms with van der Waals surface area (Å²) in [6, 6.07) is -5.24. The fourth-order valence-electron chi connectivity index (χ4n) is 10.3. The molecule has 0 spiro atoms. The Bertz CT molecular complexity index is 2940. The monoisotopic (exact) mass is 1140 g/mol. The van der Waals surface area contributed by atoms with Crippen molar-refractivity contribution in [3.63, 3.8) is 0 Å². The van der Waals surface area contributed by atoms with Crippen LogP contribution in [0.25, 0.3) is 16.7 Å². The predicted octanol–water partition coefficient (Wildman–Crippen LogP) is -3.11. The fourth-order valence-corrected chi connectivity index (χ4v) is 10.3. The molecule has 4 aliphatic rings. The van der Waals surface area contributed by atoms with Gasteiger partial charge in [0.15, 0.2) is 11.9 Å². The van der Waals surface area contributed by atoms with Crippen LogP contribution in [0.15, 0.2) is 40.7 Å². The van der Waals surface area contributed by atoms with Crippen LogP contribution in [0.5, 0.6) is 0 Å². The summed E-state index contributed by atoms with van der Waals surface area (Å²) in [6.45, 7) is 10.2. The highest BCUT2D eigenvalue weighted by Crippen LogP contribution is 2.35. The molecule has 1 saturated heterocycles. The van der Waals surface area contributed by atoms with E-state index in [9.17, 15) is 48.3 Å². The number of amides is 9. The van der Waals surface area contributed by atoms with Crippen LogP contribution in [0.3, 0.4) is 0 Å². The smallest absolute Gasteiger partial charge is 0.326 e. The molecule has 82 heavy (non-hydrogen) atoms. The SMILES string of the molecule is CC(C)C[C@@H]1NC(=O)[C@@H](NC(=O)[C@@H]2CCC(=O)N2)[C@H](C(C)C)c2ccc3c4c([nH]c3c2)-n2cnc(c2)C[C@@H](C(=O)N[C@@H](CCCN=C(N)N)C(=O)O)NC(=O)CNC(=O)[C@H](CCCN=C(N)N)NC(=O)[C@H](C4)NC(=O)[C@H](C(C)C)NC1=O. The van der Waals surface area contributed by atoms with Gasteiger partial charge in [-0.05, 0) is 67.9 Å². The van der Waals surface area contributed by atoms with Crippen molar-refractivity contribution in [2.45, 2.75) is 154 Å². The maximum absolute atomic E-state index is 15.0. The minimum absolute atomic E-state index is 0.0377. The highest BCUT2D eigenvalue weighted by Gasteiger charge is 2.40. The van der Waals surface area contributed by atoms with Gasteiger partial charge in [0.05, 0.1) is 12.2 Å². The Morgan fingerprint density at radius 3 is 2.07 bits per heavy atom. The van der Waals surface area contributed by atoms with E-state index in [4.69, 9.17) is 22.9 Å². The summed E-state index contributed by atoms with van der Waals surface area (Å²) < 4.78 is 1.56. The maximum atomic E-state index is 15.0. The normalized spacial score (nSPS) is 23.4. The first-order valence-corrected chi connectivity index (χ1v) is 27.5. The molecule has 0 aliphatic carbocycles. The first-order chi connectivity index (χ1) is 38.8. The molecule has 1 fully saturated rings. The van der Waals surface area contributed by atoms with E-state index in [0.29, 0.717) is 27.8 Å². The molecule has 4 aliphatic heterocycles. The van der Waals surface area contributed by atoms with Crippen molar-refractivity contribution in [1.82, 2.24) is 62.4 Å². The quantitative estimate of drug-likeness (QED) is 0.0275. The van der Waals surface area contributed by atoms with E-state index < -0.39 is 120 Å². The Balaban J connectivity index is 1.55. The molecule has 19 N–H and O–H groups in total. The van der Waals surface area contributed by atoms with Crippen LogP contribution in [0.1, 0.15) is 109 Å². The van der Waals surface area contributed by atoms with Gasteiger partial charge in [-0.15, -0.1) is 0 Å². The number of H-pyrrole nitrogens is 1. The van der Waals surface area contributed by atoms with E-state index in [1.54, 1.807) is 42.8 Å². The largest absolute Gasteiger partial charge is 0.480 e. The number of nitrogens with zero attached hydrogens (tertiary/aromatic N) is 4. The van der Waals surface area contributed by atoms with E-state index in [0.717, 1.165) is 0 Å². The zero-order chi connectivity index (χ0) is 60.1. The van der Waals surface area contributed by atoms with Crippen LogP contribution in [0.2, 0.25) is 0 Å². The van der Waals surface area contributed by atoms with Gasteiger partial charge in [0, 0.05) is 60.9 Å². The number of aliphatic carboxylic acids is 1. The number of rotatable bonds is 17. The number of nitrogens with two attached hydrogens (primary N) is 4. The third kappa shape index (κ3) is 16.6. The third-order valence-corrected chi connectivity index (χ3v) is 14.4. The standard InChI is InChI=1S/C53H78N18O11/c1-24(2)17-35-48(78)69-41(26(5)6)49(79)68-37-20-30-29-12-11-27(40(25(3)4)42(50(80)67-35)70-45(75)32-13-14-38(72)62-32)18-34(29)64-43(30)71-22-28(61-23-71)19-36(46(76)66-33(51(81)82)10-8-16-59-53(56)57)63-39(73)21-60-44(74)31(65-47(37)77)9-7-15-58-52(54)55/h11-12,18,22-26,31-33,35-37,40-42,64H,7-10,13-17,19-21H2,1-6H3,(H,60,74)(H,62,72)(H,63,73)(H,65,77)(H,66,76)(H,67,80)(H,68,79)(H,69,78)(H,70,75)(H,81,82)(H4,54,55,58)(H4,56,57,59)/t31-,32-,33-,35-,36-,37-,40+,41-,42-/m0/s1. The lowest BCUT2D eigenvalue weighted by Gasteiger charge is -2.33. The number of hydrogen-bond donors (Lipinski definition) is 15. The molecule has 7 rings (SSSR count). The number of benzene rings is 1. The number of aromatic amines is 1. The highest BCUT2D eigenvalue weighted by atomic mass is 16.4. The number of carbonyl (C=O) groups is 10. The number of nitrogens with one attached hydrogen (secondary N) is 10. The van der Waals surface area contributed by atoms with Gasteiger partial charge in [0.25, 0.3) is 0 Å². The summed E-state index contributed by atoms with van der Waals surface area (Å²) in [5.74, 6) is -9.99. The summed E-state index contributed by atoms with van der Waals surface area (Å²) in [5.41, 5.74) is 23.6. The minimum Gasteiger partial charge on any atom is -0.480 e. The van der Waals surface area contributed by atoms with E-state index >= 15 is 4.79 Å².